The summed E-state index contributed by atoms with van der Waals surface area (Å²) in [6, 6.07) is 5.31. The van der Waals surface area contributed by atoms with Crippen LogP contribution in [0.25, 0.3) is 11.4 Å². The SMILES string of the molecule is Cc1ccc(-c2noc([C@H](NC(=O)CC(C)(C)C)C(C)C)n2)cc1Cl. The smallest absolute Gasteiger partial charge is 0.249 e. The van der Waals surface area contributed by atoms with Crippen molar-refractivity contribution in [2.75, 3.05) is 0 Å². The molecule has 1 amide bonds. The molecule has 6 heteroatoms. The van der Waals surface area contributed by atoms with Gasteiger partial charge in [-0.1, -0.05) is 63.5 Å². The number of hydrogen-bond donors (Lipinski definition) is 1. The summed E-state index contributed by atoms with van der Waals surface area (Å²) in [4.78, 5) is 16.8. The summed E-state index contributed by atoms with van der Waals surface area (Å²) in [5, 5.41) is 7.71. The molecule has 0 aliphatic carbocycles. The van der Waals surface area contributed by atoms with E-state index in [1.54, 1.807) is 0 Å². The van der Waals surface area contributed by atoms with Gasteiger partial charge in [-0.2, -0.15) is 4.98 Å². The monoisotopic (exact) mass is 363 g/mol. The van der Waals surface area contributed by atoms with Crippen LogP contribution < -0.4 is 5.32 Å². The van der Waals surface area contributed by atoms with Crippen molar-refractivity contribution in [3.63, 3.8) is 0 Å². The van der Waals surface area contributed by atoms with Crippen molar-refractivity contribution in [3.05, 3.63) is 34.7 Å². The van der Waals surface area contributed by atoms with Crippen molar-refractivity contribution in [1.29, 1.82) is 0 Å². The van der Waals surface area contributed by atoms with Gasteiger partial charge in [0.15, 0.2) is 0 Å². The third kappa shape index (κ3) is 5.30. The van der Waals surface area contributed by atoms with Gasteiger partial charge in [0, 0.05) is 17.0 Å². The summed E-state index contributed by atoms with van der Waals surface area (Å²) in [6.45, 7) is 12.0. The Labute approximate surface area is 154 Å². The number of carbonyl (C=O) groups excluding carboxylic acids is 1. The summed E-state index contributed by atoms with van der Waals surface area (Å²) >= 11 is 6.17. The van der Waals surface area contributed by atoms with Crippen molar-refractivity contribution in [1.82, 2.24) is 15.5 Å². The van der Waals surface area contributed by atoms with E-state index in [1.165, 1.54) is 0 Å². The fourth-order valence-electron chi connectivity index (χ4n) is 2.43. The molecular formula is C19H26ClN3O2. The van der Waals surface area contributed by atoms with Gasteiger partial charge in [-0.25, -0.2) is 0 Å². The predicted octanol–water partition coefficient (Wildman–Crippen LogP) is 4.95. The number of rotatable bonds is 5. The third-order valence-corrected chi connectivity index (χ3v) is 4.22. The first-order chi connectivity index (χ1) is 11.6. The Morgan fingerprint density at radius 1 is 1.32 bits per heavy atom. The standard InChI is InChI=1S/C19H26ClN3O2/c1-11(2)16(21-15(24)10-19(4,5)6)18-22-17(23-25-18)13-8-7-12(3)14(20)9-13/h7-9,11,16H,10H2,1-6H3,(H,21,24)/t16-/m1/s1. The lowest BCUT2D eigenvalue weighted by atomic mass is 9.91. The van der Waals surface area contributed by atoms with Gasteiger partial charge in [0.2, 0.25) is 17.6 Å². The lowest BCUT2D eigenvalue weighted by Crippen LogP contribution is -2.34. The zero-order valence-corrected chi connectivity index (χ0v) is 16.4. The maximum absolute atomic E-state index is 12.3. The van der Waals surface area contributed by atoms with E-state index < -0.39 is 0 Å². The zero-order valence-electron chi connectivity index (χ0n) is 15.7. The first kappa shape index (κ1) is 19.4. The lowest BCUT2D eigenvalue weighted by molar-refractivity contribution is -0.124. The van der Waals surface area contributed by atoms with Crippen LogP contribution in [0, 0.1) is 18.3 Å². The number of carbonyl (C=O) groups is 1. The molecular weight excluding hydrogens is 338 g/mol. The zero-order chi connectivity index (χ0) is 18.8. The number of aryl methyl sites for hydroxylation is 1. The van der Waals surface area contributed by atoms with Gasteiger partial charge in [-0.3, -0.25) is 4.79 Å². The molecule has 0 radical (unpaired) electrons. The fraction of sp³-hybridized carbons (Fsp3) is 0.526. The molecule has 0 unspecified atom stereocenters. The number of hydrogen-bond acceptors (Lipinski definition) is 4. The molecule has 0 saturated carbocycles. The molecule has 0 fully saturated rings. The summed E-state index contributed by atoms with van der Waals surface area (Å²) in [7, 11) is 0. The molecule has 136 valence electrons. The number of aromatic nitrogens is 2. The quantitative estimate of drug-likeness (QED) is 0.816. The highest BCUT2D eigenvalue weighted by molar-refractivity contribution is 6.31. The van der Waals surface area contributed by atoms with E-state index in [1.807, 2.05) is 59.7 Å². The van der Waals surface area contributed by atoms with Gasteiger partial charge in [-0.05, 0) is 29.9 Å². The van der Waals surface area contributed by atoms with Crippen LogP contribution in [0.3, 0.4) is 0 Å². The maximum Gasteiger partial charge on any atom is 0.249 e. The van der Waals surface area contributed by atoms with E-state index in [0.29, 0.717) is 23.2 Å². The second-order valence-electron chi connectivity index (χ2n) is 7.95. The molecule has 2 aromatic rings. The summed E-state index contributed by atoms with van der Waals surface area (Å²) in [5.41, 5.74) is 1.70. The van der Waals surface area contributed by atoms with Crippen LogP contribution in [0.2, 0.25) is 5.02 Å². The highest BCUT2D eigenvalue weighted by Gasteiger charge is 2.26. The van der Waals surface area contributed by atoms with E-state index in [9.17, 15) is 4.79 Å². The normalized spacial score (nSPS) is 13.1. The molecule has 2 rings (SSSR count). The summed E-state index contributed by atoms with van der Waals surface area (Å²) in [5.74, 6) is 0.972. The fourth-order valence-corrected chi connectivity index (χ4v) is 2.61. The van der Waals surface area contributed by atoms with Crippen LogP contribution in [0.4, 0.5) is 0 Å². The van der Waals surface area contributed by atoms with Crippen molar-refractivity contribution in [2.24, 2.45) is 11.3 Å². The average Bonchev–Trinajstić information content (AvgIpc) is 2.95. The molecule has 1 atom stereocenters. The van der Waals surface area contributed by atoms with E-state index in [0.717, 1.165) is 11.1 Å². The predicted molar refractivity (Wildman–Crippen MR) is 99.3 cm³/mol. The Hall–Kier alpha value is -1.88. The Morgan fingerprint density at radius 3 is 2.56 bits per heavy atom. The highest BCUT2D eigenvalue weighted by Crippen LogP contribution is 2.27. The molecule has 1 N–H and O–H groups in total. The Bertz CT molecular complexity index is 747. The molecule has 0 bridgehead atoms. The molecule has 5 nitrogen and oxygen atoms in total. The van der Waals surface area contributed by atoms with E-state index in [4.69, 9.17) is 16.1 Å². The molecule has 1 aromatic heterocycles. The van der Waals surface area contributed by atoms with Gasteiger partial charge in [0.05, 0.1) is 0 Å². The number of amides is 1. The van der Waals surface area contributed by atoms with Gasteiger partial charge in [-0.15, -0.1) is 0 Å². The Kier molecular flexibility index (Phi) is 5.88. The number of halogens is 1. The van der Waals surface area contributed by atoms with Crippen LogP contribution in [0.1, 0.15) is 58.5 Å². The second kappa shape index (κ2) is 7.56. The minimum Gasteiger partial charge on any atom is -0.344 e. The van der Waals surface area contributed by atoms with Gasteiger partial charge < -0.3 is 9.84 Å². The molecule has 25 heavy (non-hydrogen) atoms. The number of nitrogens with one attached hydrogen (secondary N) is 1. The number of nitrogens with zero attached hydrogens (tertiary/aromatic N) is 2. The molecule has 0 aliphatic rings. The van der Waals surface area contributed by atoms with Crippen molar-refractivity contribution < 1.29 is 9.32 Å². The second-order valence-corrected chi connectivity index (χ2v) is 8.35. The Morgan fingerprint density at radius 2 is 2.00 bits per heavy atom. The molecule has 0 aliphatic heterocycles. The van der Waals surface area contributed by atoms with Crippen LogP contribution in [-0.2, 0) is 4.79 Å². The molecule has 0 saturated heterocycles. The third-order valence-electron chi connectivity index (χ3n) is 3.81. The van der Waals surface area contributed by atoms with E-state index in [-0.39, 0.29) is 23.3 Å². The molecule has 0 spiro atoms. The maximum atomic E-state index is 12.3. The first-order valence-corrected chi connectivity index (χ1v) is 8.84. The minimum absolute atomic E-state index is 0.0238. The largest absolute Gasteiger partial charge is 0.344 e. The van der Waals surface area contributed by atoms with Gasteiger partial charge in [0.25, 0.3) is 0 Å². The van der Waals surface area contributed by atoms with Crippen LogP contribution in [0.15, 0.2) is 22.7 Å². The van der Waals surface area contributed by atoms with Gasteiger partial charge >= 0.3 is 0 Å². The van der Waals surface area contributed by atoms with E-state index >= 15 is 0 Å². The summed E-state index contributed by atoms with van der Waals surface area (Å²) < 4.78 is 5.42. The minimum atomic E-state index is -0.322. The van der Waals surface area contributed by atoms with Crippen molar-refractivity contribution >= 4 is 17.5 Å². The molecule has 1 heterocycles. The lowest BCUT2D eigenvalue weighted by Gasteiger charge is -2.22. The van der Waals surface area contributed by atoms with E-state index in [2.05, 4.69) is 15.5 Å². The van der Waals surface area contributed by atoms with Crippen LogP contribution >= 0.6 is 11.6 Å². The van der Waals surface area contributed by atoms with Crippen molar-refractivity contribution in [3.8, 4) is 11.4 Å². The van der Waals surface area contributed by atoms with Crippen LogP contribution in [0.5, 0.6) is 0 Å². The Balaban J connectivity index is 2.21. The highest BCUT2D eigenvalue weighted by atomic mass is 35.5. The van der Waals surface area contributed by atoms with Gasteiger partial charge in [0.1, 0.15) is 6.04 Å². The average molecular weight is 364 g/mol. The topological polar surface area (TPSA) is 68.0 Å². The summed E-state index contributed by atoms with van der Waals surface area (Å²) in [6.07, 6.45) is 0.435. The molecule has 1 aromatic carbocycles. The van der Waals surface area contributed by atoms with Crippen LogP contribution in [-0.4, -0.2) is 16.0 Å². The first-order valence-electron chi connectivity index (χ1n) is 8.46. The van der Waals surface area contributed by atoms with Crippen molar-refractivity contribution in [2.45, 2.75) is 54.0 Å². The number of benzene rings is 1.